The van der Waals surface area contributed by atoms with Crippen molar-refractivity contribution in [3.8, 4) is 5.75 Å². The molecule has 11 heteroatoms. The first-order valence-corrected chi connectivity index (χ1v) is 12.8. The summed E-state index contributed by atoms with van der Waals surface area (Å²) < 4.78 is 66.2. The third-order valence-electron chi connectivity index (χ3n) is 8.00. The highest BCUT2D eigenvalue weighted by Crippen LogP contribution is 2.53. The van der Waals surface area contributed by atoms with E-state index in [1.807, 2.05) is 30.3 Å². The summed E-state index contributed by atoms with van der Waals surface area (Å²) in [7, 11) is 0. The minimum Gasteiger partial charge on any atom is -0.480 e. The molecule has 1 aliphatic carbocycles. The number of aromatic nitrogens is 2. The Morgan fingerprint density at radius 3 is 2.68 bits per heavy atom. The number of nitrogens with one attached hydrogen (secondary N) is 1. The number of carbonyl (C=O) groups is 1. The summed E-state index contributed by atoms with van der Waals surface area (Å²) in [5.41, 5.74) is 5.93. The van der Waals surface area contributed by atoms with Gasteiger partial charge in [0.15, 0.2) is 11.8 Å². The number of alkyl halides is 3. The van der Waals surface area contributed by atoms with Gasteiger partial charge in [-0.2, -0.15) is 0 Å². The summed E-state index contributed by atoms with van der Waals surface area (Å²) in [5.74, 6) is -6.21. The number of nitrogens with two attached hydrogens (primary N) is 1. The molecule has 2 aliphatic heterocycles. The lowest BCUT2D eigenvalue weighted by Gasteiger charge is -2.38. The van der Waals surface area contributed by atoms with Gasteiger partial charge >= 0.3 is 0 Å². The summed E-state index contributed by atoms with van der Waals surface area (Å²) in [6, 6.07) is 9.89. The standard InChI is InChI=1S/C27H25ClF4N4O2/c28-22-18(29)8-19-16(20(22)21-17(24(33)37)12-36-7-6-34-25(36)23(21)30)11-26(38-19,14-4-2-1-3-5-14)13-35-15-9-27(31,32)10-15/h1-8,15,17,21,23,35H,9-13H2,(H2,33,37)/t17?,21?,23?,26-/m1/s1. The molecule has 1 saturated carbocycles. The van der Waals surface area contributed by atoms with Gasteiger partial charge in [0, 0.05) is 68.3 Å². The first-order chi connectivity index (χ1) is 18.1. The number of benzene rings is 2. The molecule has 0 saturated heterocycles. The molecule has 6 rings (SSSR count). The van der Waals surface area contributed by atoms with Gasteiger partial charge in [-0.3, -0.25) is 4.79 Å². The minimum atomic E-state index is -2.70. The Kier molecular flexibility index (Phi) is 5.95. The molecular weight excluding hydrogens is 524 g/mol. The summed E-state index contributed by atoms with van der Waals surface area (Å²) in [6.45, 7) is 0.220. The van der Waals surface area contributed by atoms with Crippen LogP contribution in [0.25, 0.3) is 0 Å². The predicted octanol–water partition coefficient (Wildman–Crippen LogP) is 4.80. The van der Waals surface area contributed by atoms with Crippen molar-refractivity contribution in [1.29, 1.82) is 0 Å². The number of carbonyl (C=O) groups excluding carboxylic acids is 1. The lowest BCUT2D eigenvalue weighted by atomic mass is 9.75. The van der Waals surface area contributed by atoms with E-state index < -0.39 is 47.3 Å². The van der Waals surface area contributed by atoms with Crippen LogP contribution >= 0.6 is 11.6 Å². The highest BCUT2D eigenvalue weighted by molar-refractivity contribution is 6.31. The van der Waals surface area contributed by atoms with E-state index in [9.17, 15) is 13.6 Å². The minimum absolute atomic E-state index is 0.0689. The molecule has 1 fully saturated rings. The largest absolute Gasteiger partial charge is 0.480 e. The van der Waals surface area contributed by atoms with Crippen LogP contribution in [-0.2, 0) is 23.4 Å². The van der Waals surface area contributed by atoms with Crippen LogP contribution in [0, 0.1) is 11.7 Å². The van der Waals surface area contributed by atoms with Gasteiger partial charge < -0.3 is 20.4 Å². The van der Waals surface area contributed by atoms with Crippen LogP contribution in [0.4, 0.5) is 17.6 Å². The van der Waals surface area contributed by atoms with Crippen molar-refractivity contribution in [2.45, 2.75) is 55.5 Å². The number of imidazole rings is 1. The number of hydrogen-bond donors (Lipinski definition) is 2. The maximum absolute atomic E-state index is 16.0. The van der Waals surface area contributed by atoms with Gasteiger partial charge in [0.1, 0.15) is 17.4 Å². The van der Waals surface area contributed by atoms with E-state index in [2.05, 4.69) is 10.3 Å². The van der Waals surface area contributed by atoms with Gasteiger partial charge in [-0.05, 0) is 11.1 Å². The Morgan fingerprint density at radius 2 is 2.00 bits per heavy atom. The fourth-order valence-electron chi connectivity index (χ4n) is 6.06. The monoisotopic (exact) mass is 548 g/mol. The molecule has 0 radical (unpaired) electrons. The van der Waals surface area contributed by atoms with Crippen molar-refractivity contribution < 1.29 is 27.1 Å². The highest BCUT2D eigenvalue weighted by Gasteiger charge is 2.51. The van der Waals surface area contributed by atoms with Crippen LogP contribution in [0.15, 0.2) is 48.8 Å². The predicted molar refractivity (Wildman–Crippen MR) is 131 cm³/mol. The Bertz CT molecular complexity index is 1390. The molecule has 1 aromatic heterocycles. The second kappa shape index (κ2) is 8.98. The van der Waals surface area contributed by atoms with Crippen molar-refractivity contribution in [2.75, 3.05) is 6.54 Å². The number of hydrogen-bond acceptors (Lipinski definition) is 4. The van der Waals surface area contributed by atoms with Crippen molar-refractivity contribution >= 4 is 17.5 Å². The van der Waals surface area contributed by atoms with Gasteiger partial charge in [-0.25, -0.2) is 22.5 Å². The van der Waals surface area contributed by atoms with Gasteiger partial charge in [-0.15, -0.1) is 0 Å². The molecule has 38 heavy (non-hydrogen) atoms. The van der Waals surface area contributed by atoms with Crippen LogP contribution in [0.3, 0.4) is 0 Å². The molecule has 6 nitrogen and oxygen atoms in total. The Morgan fingerprint density at radius 1 is 1.26 bits per heavy atom. The molecule has 3 unspecified atom stereocenters. The van der Waals surface area contributed by atoms with Crippen LogP contribution in [0.2, 0.25) is 5.02 Å². The van der Waals surface area contributed by atoms with E-state index in [0.29, 0.717) is 5.56 Å². The van der Waals surface area contributed by atoms with Gasteiger partial charge in [0.25, 0.3) is 5.92 Å². The van der Waals surface area contributed by atoms with E-state index >= 15 is 8.78 Å². The van der Waals surface area contributed by atoms with E-state index in [0.717, 1.165) is 11.6 Å². The highest BCUT2D eigenvalue weighted by atomic mass is 35.5. The van der Waals surface area contributed by atoms with Crippen LogP contribution in [0.5, 0.6) is 5.75 Å². The zero-order valence-electron chi connectivity index (χ0n) is 20.1. The van der Waals surface area contributed by atoms with Crippen LogP contribution in [0.1, 0.15) is 47.4 Å². The van der Waals surface area contributed by atoms with Gasteiger partial charge in [-0.1, -0.05) is 41.9 Å². The summed E-state index contributed by atoms with van der Waals surface area (Å²) in [6.07, 6.45) is 0.802. The van der Waals surface area contributed by atoms with E-state index in [1.54, 1.807) is 6.20 Å². The zero-order chi connectivity index (χ0) is 26.8. The van der Waals surface area contributed by atoms with Gasteiger partial charge in [0.05, 0.1) is 10.9 Å². The maximum atomic E-state index is 16.0. The van der Waals surface area contributed by atoms with Crippen molar-refractivity contribution in [3.63, 3.8) is 0 Å². The average Bonchev–Trinajstić information content (AvgIpc) is 3.49. The zero-order valence-corrected chi connectivity index (χ0v) is 20.9. The first kappa shape index (κ1) is 25.2. The van der Waals surface area contributed by atoms with Crippen LogP contribution in [-0.4, -0.2) is 34.0 Å². The molecule has 200 valence electrons. The van der Waals surface area contributed by atoms with Crippen molar-refractivity contribution in [1.82, 2.24) is 14.9 Å². The summed E-state index contributed by atoms with van der Waals surface area (Å²) >= 11 is 6.50. The normalized spacial score (nSPS) is 27.8. The first-order valence-electron chi connectivity index (χ1n) is 12.4. The number of amides is 1. The number of halogens is 5. The average molecular weight is 549 g/mol. The number of primary amides is 1. The quantitative estimate of drug-likeness (QED) is 0.434. The molecule has 2 aromatic carbocycles. The molecule has 3 N–H and O–H groups in total. The van der Waals surface area contributed by atoms with E-state index in [-0.39, 0.29) is 54.5 Å². The number of fused-ring (bicyclic) bond motifs is 2. The molecule has 3 aromatic rings. The molecule has 3 heterocycles. The molecule has 0 spiro atoms. The van der Waals surface area contributed by atoms with Gasteiger partial charge in [0.2, 0.25) is 5.91 Å². The fourth-order valence-corrected chi connectivity index (χ4v) is 6.35. The Labute approximate surface area is 221 Å². The number of ether oxygens (including phenoxy) is 1. The lowest BCUT2D eigenvalue weighted by Crippen LogP contribution is -2.53. The molecule has 4 atom stereocenters. The third kappa shape index (κ3) is 4.05. The Hall–Kier alpha value is -3.11. The van der Waals surface area contributed by atoms with E-state index in [1.165, 1.54) is 10.8 Å². The Balaban J connectivity index is 1.43. The lowest BCUT2D eigenvalue weighted by molar-refractivity contribution is -0.124. The molecular formula is C27H25ClF4N4O2. The maximum Gasteiger partial charge on any atom is 0.251 e. The van der Waals surface area contributed by atoms with E-state index in [4.69, 9.17) is 22.1 Å². The topological polar surface area (TPSA) is 82.2 Å². The summed E-state index contributed by atoms with van der Waals surface area (Å²) in [5, 5.41) is 2.87. The molecule has 0 bridgehead atoms. The smallest absolute Gasteiger partial charge is 0.251 e. The van der Waals surface area contributed by atoms with Crippen LogP contribution < -0.4 is 15.8 Å². The number of nitrogens with zero attached hydrogens (tertiary/aromatic N) is 2. The molecule has 3 aliphatic rings. The third-order valence-corrected chi connectivity index (χ3v) is 8.38. The van der Waals surface area contributed by atoms with Crippen molar-refractivity contribution in [2.24, 2.45) is 11.7 Å². The SMILES string of the molecule is NC(=O)C1Cn2ccnc2C(F)C1c1c(Cl)c(F)cc2c1C[C@@](CNC1CC(F)(F)C1)(c1ccccc1)O2. The summed E-state index contributed by atoms with van der Waals surface area (Å²) in [4.78, 5) is 16.6. The second-order valence-corrected chi connectivity index (χ2v) is 10.8. The fraction of sp³-hybridized carbons (Fsp3) is 0.407. The number of rotatable bonds is 6. The second-order valence-electron chi connectivity index (χ2n) is 10.4. The van der Waals surface area contributed by atoms with Crippen molar-refractivity contribution in [3.05, 3.63) is 82.1 Å². The molecule has 1 amide bonds.